The van der Waals surface area contributed by atoms with Crippen LogP contribution in [0.25, 0.3) is 33.5 Å². The van der Waals surface area contributed by atoms with E-state index in [2.05, 4.69) is 41.0 Å². The summed E-state index contributed by atoms with van der Waals surface area (Å²) in [6.07, 6.45) is 5.06. The summed E-state index contributed by atoms with van der Waals surface area (Å²) in [5.41, 5.74) is 9.70. The summed E-state index contributed by atoms with van der Waals surface area (Å²) in [5.74, 6) is 0.678. The number of piperidine rings is 1. The number of ether oxygens (including phenoxy) is 3. The minimum atomic E-state index is -0.525. The number of nitrogen functional groups attached to an aromatic ring is 1. The first-order valence-corrected chi connectivity index (χ1v) is 14.0. The summed E-state index contributed by atoms with van der Waals surface area (Å²) in [6, 6.07) is 13.9. The van der Waals surface area contributed by atoms with Crippen LogP contribution in [-0.2, 0) is 14.2 Å². The van der Waals surface area contributed by atoms with Crippen LogP contribution in [0.2, 0.25) is 0 Å². The molecule has 0 atom stereocenters. The van der Waals surface area contributed by atoms with Gasteiger partial charge in [0, 0.05) is 37.0 Å². The Labute approximate surface area is 234 Å². The fourth-order valence-corrected chi connectivity index (χ4v) is 6.09. The highest BCUT2D eigenvalue weighted by molar-refractivity contribution is 9.10. The standard InChI is InChI=1S/C28H28BrN7O3/c29-19-4-1-3-18(13-19)20-14-22(33-26-24(20)25(30)31-17-32-26)21-5-6-23(35-34-21)36-10-8-28(9-11-36)38-15-27(16-39-28)7-2-12-37-27/h1,3-6,13-14,17H,2,7-12,15-16H2,(H2,30,31,32,33). The van der Waals surface area contributed by atoms with Crippen molar-refractivity contribution < 1.29 is 14.2 Å². The van der Waals surface area contributed by atoms with Crippen molar-refractivity contribution in [1.29, 1.82) is 0 Å². The Hall–Kier alpha value is -3.25. The fourth-order valence-electron chi connectivity index (χ4n) is 5.69. The molecule has 6 heterocycles. The molecule has 2 spiro atoms. The zero-order valence-electron chi connectivity index (χ0n) is 21.3. The van der Waals surface area contributed by atoms with Crippen molar-refractivity contribution in [2.75, 3.05) is 43.5 Å². The van der Waals surface area contributed by atoms with E-state index in [0.29, 0.717) is 41.5 Å². The van der Waals surface area contributed by atoms with E-state index in [0.717, 1.165) is 66.8 Å². The third-order valence-corrected chi connectivity index (χ3v) is 8.41. The Morgan fingerprint density at radius 2 is 1.74 bits per heavy atom. The highest BCUT2D eigenvalue weighted by Crippen LogP contribution is 2.39. The van der Waals surface area contributed by atoms with Crippen molar-refractivity contribution in [3.8, 4) is 22.5 Å². The minimum Gasteiger partial charge on any atom is -0.383 e. The smallest absolute Gasteiger partial charge is 0.171 e. The van der Waals surface area contributed by atoms with Gasteiger partial charge in [0.25, 0.3) is 0 Å². The summed E-state index contributed by atoms with van der Waals surface area (Å²) < 4.78 is 19.4. The summed E-state index contributed by atoms with van der Waals surface area (Å²) >= 11 is 3.56. The molecule has 0 bridgehead atoms. The first kappa shape index (κ1) is 24.8. The zero-order valence-corrected chi connectivity index (χ0v) is 22.9. The third-order valence-electron chi connectivity index (χ3n) is 7.91. The van der Waals surface area contributed by atoms with Crippen molar-refractivity contribution in [1.82, 2.24) is 25.1 Å². The zero-order chi connectivity index (χ0) is 26.5. The van der Waals surface area contributed by atoms with Gasteiger partial charge >= 0.3 is 0 Å². The largest absolute Gasteiger partial charge is 0.383 e. The Morgan fingerprint density at radius 1 is 0.897 bits per heavy atom. The van der Waals surface area contributed by atoms with Gasteiger partial charge in [0.15, 0.2) is 17.3 Å². The third kappa shape index (κ3) is 4.63. The van der Waals surface area contributed by atoms with Gasteiger partial charge in [-0.3, -0.25) is 0 Å². The van der Waals surface area contributed by atoms with E-state index in [1.807, 2.05) is 42.5 Å². The number of hydrogen-bond acceptors (Lipinski definition) is 10. The molecular weight excluding hydrogens is 562 g/mol. The molecule has 3 aliphatic heterocycles. The van der Waals surface area contributed by atoms with E-state index in [1.165, 1.54) is 6.33 Å². The van der Waals surface area contributed by atoms with E-state index in [4.69, 9.17) is 24.9 Å². The van der Waals surface area contributed by atoms with Gasteiger partial charge in [-0.25, -0.2) is 15.0 Å². The van der Waals surface area contributed by atoms with Crippen molar-refractivity contribution in [2.45, 2.75) is 37.1 Å². The molecule has 200 valence electrons. The first-order chi connectivity index (χ1) is 19.0. The number of anilines is 2. The summed E-state index contributed by atoms with van der Waals surface area (Å²) in [4.78, 5) is 15.5. The van der Waals surface area contributed by atoms with Crippen molar-refractivity contribution in [2.24, 2.45) is 0 Å². The van der Waals surface area contributed by atoms with Crippen molar-refractivity contribution in [3.05, 3.63) is 53.3 Å². The lowest BCUT2D eigenvalue weighted by molar-refractivity contribution is -0.324. The Kier molecular flexibility index (Phi) is 6.19. The highest BCUT2D eigenvalue weighted by atomic mass is 79.9. The quantitative estimate of drug-likeness (QED) is 0.368. The Bertz CT molecular complexity index is 1510. The highest BCUT2D eigenvalue weighted by Gasteiger charge is 2.48. The number of fused-ring (bicyclic) bond motifs is 1. The van der Waals surface area contributed by atoms with Gasteiger partial charge in [0.1, 0.15) is 23.4 Å². The van der Waals surface area contributed by atoms with Crippen LogP contribution in [0.1, 0.15) is 25.7 Å². The first-order valence-electron chi connectivity index (χ1n) is 13.2. The lowest BCUT2D eigenvalue weighted by Crippen LogP contribution is -2.57. The number of pyridine rings is 1. The second-order valence-corrected chi connectivity index (χ2v) is 11.3. The van der Waals surface area contributed by atoms with E-state index in [9.17, 15) is 0 Å². The summed E-state index contributed by atoms with van der Waals surface area (Å²) in [6.45, 7) is 3.57. The molecular formula is C28H28BrN7O3. The molecule has 4 aromatic rings. The lowest BCUT2D eigenvalue weighted by atomic mass is 9.97. The monoisotopic (exact) mass is 589 g/mol. The maximum Gasteiger partial charge on any atom is 0.171 e. The normalized spacial score (nSPS) is 20.2. The molecule has 39 heavy (non-hydrogen) atoms. The summed E-state index contributed by atoms with van der Waals surface area (Å²) in [7, 11) is 0. The molecule has 3 saturated heterocycles. The van der Waals surface area contributed by atoms with Crippen LogP contribution in [-0.4, -0.2) is 69.4 Å². The number of nitrogens with zero attached hydrogens (tertiary/aromatic N) is 6. The number of halogens is 1. The van der Waals surface area contributed by atoms with Gasteiger partial charge in [0.2, 0.25) is 0 Å². The van der Waals surface area contributed by atoms with Crippen LogP contribution in [0.3, 0.4) is 0 Å². The van der Waals surface area contributed by atoms with E-state index in [-0.39, 0.29) is 5.60 Å². The molecule has 0 saturated carbocycles. The van der Waals surface area contributed by atoms with E-state index < -0.39 is 5.79 Å². The van der Waals surface area contributed by atoms with Gasteiger partial charge in [-0.2, -0.15) is 0 Å². The van der Waals surface area contributed by atoms with E-state index >= 15 is 0 Å². The molecule has 0 unspecified atom stereocenters. The van der Waals surface area contributed by atoms with Crippen LogP contribution in [0.4, 0.5) is 11.6 Å². The average molecular weight is 590 g/mol. The molecule has 3 aromatic heterocycles. The van der Waals surface area contributed by atoms with Crippen LogP contribution in [0.15, 0.2) is 53.3 Å². The number of hydrogen-bond donors (Lipinski definition) is 1. The minimum absolute atomic E-state index is 0.241. The second kappa shape index (κ2) is 9.74. The topological polar surface area (TPSA) is 121 Å². The predicted octanol–water partition coefficient (Wildman–Crippen LogP) is 4.39. The molecule has 11 heteroatoms. The average Bonchev–Trinajstić information content (AvgIpc) is 3.43. The van der Waals surface area contributed by atoms with Gasteiger partial charge < -0.3 is 24.8 Å². The summed E-state index contributed by atoms with van der Waals surface area (Å²) in [5, 5.41) is 9.81. The SMILES string of the molecule is Nc1ncnc2nc(-c3ccc(N4CCC5(CC4)OCC4(CCCO4)CO5)nn3)cc(-c3cccc(Br)c3)c12. The molecule has 7 rings (SSSR count). The molecule has 0 radical (unpaired) electrons. The van der Waals surface area contributed by atoms with Gasteiger partial charge in [-0.05, 0) is 54.3 Å². The van der Waals surface area contributed by atoms with Crippen LogP contribution in [0, 0.1) is 0 Å². The van der Waals surface area contributed by atoms with Gasteiger partial charge in [-0.15, -0.1) is 10.2 Å². The molecule has 2 N–H and O–H groups in total. The second-order valence-electron chi connectivity index (χ2n) is 10.4. The lowest BCUT2D eigenvalue weighted by Gasteiger charge is -2.48. The van der Waals surface area contributed by atoms with E-state index in [1.54, 1.807) is 0 Å². The molecule has 3 fully saturated rings. The number of benzene rings is 1. The predicted molar refractivity (Wildman–Crippen MR) is 150 cm³/mol. The molecule has 10 nitrogen and oxygen atoms in total. The Morgan fingerprint density at radius 3 is 2.46 bits per heavy atom. The van der Waals surface area contributed by atoms with Crippen LogP contribution < -0.4 is 10.6 Å². The molecule has 0 amide bonds. The number of rotatable bonds is 3. The number of nitrogens with two attached hydrogens (primary N) is 1. The molecule has 1 aromatic carbocycles. The fraction of sp³-hybridized carbons (Fsp3) is 0.393. The maximum atomic E-state index is 6.26. The maximum absolute atomic E-state index is 6.26. The van der Waals surface area contributed by atoms with Gasteiger partial charge in [0.05, 0.1) is 24.3 Å². The van der Waals surface area contributed by atoms with Crippen molar-refractivity contribution in [3.63, 3.8) is 0 Å². The van der Waals surface area contributed by atoms with Crippen LogP contribution in [0.5, 0.6) is 0 Å². The Balaban J connectivity index is 1.11. The molecule has 3 aliphatic rings. The number of aromatic nitrogens is 5. The van der Waals surface area contributed by atoms with Gasteiger partial charge in [-0.1, -0.05) is 28.1 Å². The van der Waals surface area contributed by atoms with Crippen LogP contribution >= 0.6 is 15.9 Å². The molecule has 0 aliphatic carbocycles. The van der Waals surface area contributed by atoms with Crippen molar-refractivity contribution >= 4 is 38.6 Å².